The Hall–Kier alpha value is -1.46. The van der Waals surface area contributed by atoms with Gasteiger partial charge in [-0.25, -0.2) is 4.98 Å². The van der Waals surface area contributed by atoms with Gasteiger partial charge in [0, 0.05) is 10.4 Å². The molecule has 4 nitrogen and oxygen atoms in total. The van der Waals surface area contributed by atoms with Gasteiger partial charge in [-0.15, -0.1) is 0 Å². The molecule has 1 atom stereocenters. The molecule has 0 amide bonds. The molecule has 1 N–H and O–H groups in total. The molecule has 0 fully saturated rings. The lowest BCUT2D eigenvalue weighted by molar-refractivity contribution is -0.0971. The summed E-state index contributed by atoms with van der Waals surface area (Å²) in [5.74, 6) is 0. The number of hydrogen-bond acceptors (Lipinski definition) is 3. The number of aryl methyl sites for hydroxylation is 1. The first kappa shape index (κ1) is 16.9. The van der Waals surface area contributed by atoms with E-state index in [1.807, 2.05) is 24.3 Å². The van der Waals surface area contributed by atoms with E-state index in [2.05, 4.69) is 10.1 Å². The molecule has 0 spiro atoms. The second-order valence-corrected chi connectivity index (χ2v) is 6.71. The zero-order valence-corrected chi connectivity index (χ0v) is 13.6. The molecule has 0 aliphatic rings. The van der Waals surface area contributed by atoms with Gasteiger partial charge in [-0.1, -0.05) is 37.6 Å². The Kier molecular flexibility index (Phi) is 5.19. The molecule has 6 heteroatoms. The number of aliphatic hydroxyl groups is 1. The average molecular weight is 326 g/mol. The summed E-state index contributed by atoms with van der Waals surface area (Å²) >= 11 is 5.87. The lowest BCUT2D eigenvalue weighted by atomic mass is 9.72. The third kappa shape index (κ3) is 3.84. The van der Waals surface area contributed by atoms with E-state index in [9.17, 15) is 9.50 Å². The Morgan fingerprint density at radius 3 is 2.50 bits per heavy atom. The van der Waals surface area contributed by atoms with Crippen LogP contribution in [0.2, 0.25) is 5.02 Å². The van der Waals surface area contributed by atoms with Gasteiger partial charge >= 0.3 is 0 Å². The Labute approximate surface area is 134 Å². The summed E-state index contributed by atoms with van der Waals surface area (Å²) in [6, 6.07) is 7.46. The molecule has 0 bridgehead atoms. The Balaban J connectivity index is 2.15. The van der Waals surface area contributed by atoms with E-state index in [1.54, 1.807) is 18.5 Å². The topological polar surface area (TPSA) is 50.9 Å². The predicted octanol–water partition coefficient (Wildman–Crippen LogP) is 3.29. The fraction of sp³-hybridized carbons (Fsp3) is 0.500. The summed E-state index contributed by atoms with van der Waals surface area (Å²) in [4.78, 5) is 3.87. The molecule has 0 saturated carbocycles. The number of alkyl halides is 1. The third-order valence-corrected chi connectivity index (χ3v) is 4.48. The van der Waals surface area contributed by atoms with Crippen molar-refractivity contribution in [1.29, 1.82) is 0 Å². The second kappa shape index (κ2) is 6.75. The van der Waals surface area contributed by atoms with Crippen LogP contribution in [0.1, 0.15) is 25.8 Å². The Morgan fingerprint density at radius 2 is 1.95 bits per heavy atom. The highest BCUT2D eigenvalue weighted by Crippen LogP contribution is 2.36. The van der Waals surface area contributed by atoms with E-state index in [4.69, 9.17) is 11.6 Å². The first-order valence-electron chi connectivity index (χ1n) is 7.21. The second-order valence-electron chi connectivity index (χ2n) is 6.27. The first-order chi connectivity index (χ1) is 10.4. The van der Waals surface area contributed by atoms with Crippen molar-refractivity contribution in [3.63, 3.8) is 0 Å². The molecule has 120 valence electrons. The highest BCUT2D eigenvalue weighted by molar-refractivity contribution is 6.30. The van der Waals surface area contributed by atoms with E-state index >= 15 is 0 Å². The van der Waals surface area contributed by atoms with Gasteiger partial charge in [-0.2, -0.15) is 5.10 Å². The van der Waals surface area contributed by atoms with Gasteiger partial charge in [0.2, 0.25) is 0 Å². The molecule has 1 aromatic heterocycles. The van der Waals surface area contributed by atoms with Crippen LogP contribution in [0.4, 0.5) is 4.39 Å². The molecule has 0 aliphatic heterocycles. The van der Waals surface area contributed by atoms with Crippen molar-refractivity contribution in [2.45, 2.75) is 38.8 Å². The zero-order valence-electron chi connectivity index (χ0n) is 12.8. The molecule has 0 saturated heterocycles. The van der Waals surface area contributed by atoms with Crippen LogP contribution in [0, 0.1) is 5.41 Å². The lowest BCUT2D eigenvalue weighted by Gasteiger charge is -2.41. The minimum Gasteiger partial charge on any atom is -0.387 e. The number of aromatic nitrogens is 3. The summed E-state index contributed by atoms with van der Waals surface area (Å²) < 4.78 is 15.0. The van der Waals surface area contributed by atoms with E-state index in [0.29, 0.717) is 17.9 Å². The minimum atomic E-state index is -1.23. The molecule has 0 radical (unpaired) electrons. The van der Waals surface area contributed by atoms with Crippen LogP contribution in [0.15, 0.2) is 36.9 Å². The summed E-state index contributed by atoms with van der Waals surface area (Å²) in [5.41, 5.74) is -1.06. The number of halogens is 2. The van der Waals surface area contributed by atoms with Gasteiger partial charge in [0.15, 0.2) is 0 Å². The van der Waals surface area contributed by atoms with Crippen LogP contribution in [-0.4, -0.2) is 32.1 Å². The summed E-state index contributed by atoms with van der Waals surface area (Å²) in [6.07, 6.45) is 3.99. The Morgan fingerprint density at radius 1 is 1.27 bits per heavy atom. The fourth-order valence-electron chi connectivity index (χ4n) is 2.34. The van der Waals surface area contributed by atoms with Crippen molar-refractivity contribution in [3.8, 4) is 0 Å². The van der Waals surface area contributed by atoms with Gasteiger partial charge in [0.05, 0.1) is 18.8 Å². The van der Waals surface area contributed by atoms with Crippen LogP contribution in [0.25, 0.3) is 0 Å². The van der Waals surface area contributed by atoms with E-state index in [0.717, 1.165) is 5.56 Å². The van der Waals surface area contributed by atoms with Crippen LogP contribution in [-0.2, 0) is 13.0 Å². The zero-order chi connectivity index (χ0) is 16.2. The fourth-order valence-corrected chi connectivity index (χ4v) is 2.47. The average Bonchev–Trinajstić information content (AvgIpc) is 2.99. The number of rotatable bonds is 7. The Bertz CT molecular complexity index is 586. The van der Waals surface area contributed by atoms with E-state index in [1.165, 1.54) is 12.7 Å². The molecule has 1 heterocycles. The maximum absolute atomic E-state index is 13.5. The SMILES string of the molecule is CC(C)(CF)C(O)(CCc1ccc(Cl)cc1)Cn1cncn1. The quantitative estimate of drug-likeness (QED) is 0.850. The monoisotopic (exact) mass is 325 g/mol. The van der Waals surface area contributed by atoms with E-state index in [-0.39, 0.29) is 6.54 Å². The third-order valence-electron chi connectivity index (χ3n) is 4.22. The summed E-state index contributed by atoms with van der Waals surface area (Å²) in [6.45, 7) is 3.05. The number of hydrogen-bond donors (Lipinski definition) is 1. The molecule has 1 unspecified atom stereocenters. The smallest absolute Gasteiger partial charge is 0.137 e. The number of benzene rings is 1. The highest BCUT2D eigenvalue weighted by Gasteiger charge is 2.43. The molecule has 2 rings (SSSR count). The van der Waals surface area contributed by atoms with Crippen molar-refractivity contribution in [1.82, 2.24) is 14.8 Å². The van der Waals surface area contributed by atoms with Crippen molar-refractivity contribution in [3.05, 3.63) is 47.5 Å². The van der Waals surface area contributed by atoms with Crippen molar-refractivity contribution in [2.75, 3.05) is 6.67 Å². The maximum atomic E-state index is 13.5. The van der Waals surface area contributed by atoms with Gasteiger partial charge in [0.25, 0.3) is 0 Å². The van der Waals surface area contributed by atoms with Crippen molar-refractivity contribution < 1.29 is 9.50 Å². The standard InChI is InChI=1S/C16H21ClFN3O/c1-15(2,9-18)16(22,10-21-12-19-11-20-21)8-7-13-3-5-14(17)6-4-13/h3-6,11-12,22H,7-10H2,1-2H3. The lowest BCUT2D eigenvalue weighted by Crippen LogP contribution is -2.50. The molecule has 22 heavy (non-hydrogen) atoms. The van der Waals surface area contributed by atoms with Crippen LogP contribution in [0.5, 0.6) is 0 Å². The van der Waals surface area contributed by atoms with Crippen LogP contribution >= 0.6 is 11.6 Å². The summed E-state index contributed by atoms with van der Waals surface area (Å²) in [5, 5.41) is 15.8. The van der Waals surface area contributed by atoms with Gasteiger partial charge in [-0.3, -0.25) is 9.07 Å². The largest absolute Gasteiger partial charge is 0.387 e. The van der Waals surface area contributed by atoms with Crippen molar-refractivity contribution in [2.24, 2.45) is 5.41 Å². The number of nitrogens with zero attached hydrogens (tertiary/aromatic N) is 3. The summed E-state index contributed by atoms with van der Waals surface area (Å²) in [7, 11) is 0. The first-order valence-corrected chi connectivity index (χ1v) is 7.59. The van der Waals surface area contributed by atoms with Crippen LogP contribution in [0.3, 0.4) is 0 Å². The maximum Gasteiger partial charge on any atom is 0.137 e. The normalized spacial score (nSPS) is 14.8. The van der Waals surface area contributed by atoms with Gasteiger partial charge in [0.1, 0.15) is 12.7 Å². The van der Waals surface area contributed by atoms with Gasteiger partial charge in [-0.05, 0) is 30.5 Å². The molecule has 2 aromatic rings. The van der Waals surface area contributed by atoms with Crippen LogP contribution < -0.4 is 0 Å². The highest BCUT2D eigenvalue weighted by atomic mass is 35.5. The molecule has 1 aromatic carbocycles. The molecule has 0 aliphatic carbocycles. The predicted molar refractivity (Wildman–Crippen MR) is 84.5 cm³/mol. The van der Waals surface area contributed by atoms with Gasteiger partial charge < -0.3 is 5.11 Å². The van der Waals surface area contributed by atoms with E-state index < -0.39 is 17.7 Å². The molecular formula is C16H21ClFN3O. The van der Waals surface area contributed by atoms with Crippen molar-refractivity contribution >= 4 is 11.6 Å². The minimum absolute atomic E-state index is 0.206. The molecular weight excluding hydrogens is 305 g/mol.